The summed E-state index contributed by atoms with van der Waals surface area (Å²) in [4.78, 5) is 19.1. The monoisotopic (exact) mass is 374 g/mol. The summed E-state index contributed by atoms with van der Waals surface area (Å²) in [5, 5.41) is 6.74. The van der Waals surface area contributed by atoms with Crippen LogP contribution < -0.4 is 10.6 Å². The summed E-state index contributed by atoms with van der Waals surface area (Å²) in [6.45, 7) is 7.21. The minimum Gasteiger partial charge on any atom is -0.379 e. The van der Waals surface area contributed by atoms with Crippen molar-refractivity contribution in [3.05, 3.63) is 52.7 Å². The zero-order valence-electron chi connectivity index (χ0n) is 14.8. The Morgan fingerprint density at radius 2 is 2.08 bits per heavy atom. The van der Waals surface area contributed by atoms with Gasteiger partial charge < -0.3 is 15.4 Å². The van der Waals surface area contributed by atoms with Gasteiger partial charge in [-0.1, -0.05) is 17.7 Å². The van der Waals surface area contributed by atoms with E-state index in [0.717, 1.165) is 50.8 Å². The lowest BCUT2D eigenvalue weighted by atomic mass is 10.2. The molecule has 138 valence electrons. The molecule has 1 saturated heterocycles. The molecule has 0 bridgehead atoms. The fraction of sp³-hybridized carbons (Fsp3) is 0.368. The Morgan fingerprint density at radius 1 is 1.27 bits per heavy atom. The smallest absolute Gasteiger partial charge is 0.257 e. The summed E-state index contributed by atoms with van der Waals surface area (Å²) < 4.78 is 5.34. The maximum Gasteiger partial charge on any atom is 0.257 e. The van der Waals surface area contributed by atoms with Crippen LogP contribution in [0.1, 0.15) is 15.9 Å². The van der Waals surface area contributed by atoms with E-state index in [0.29, 0.717) is 16.3 Å². The Balaban J connectivity index is 1.51. The number of carbonyl (C=O) groups excluding carboxylic acids is 1. The zero-order chi connectivity index (χ0) is 18.4. The quantitative estimate of drug-likeness (QED) is 0.813. The van der Waals surface area contributed by atoms with Gasteiger partial charge >= 0.3 is 0 Å². The van der Waals surface area contributed by atoms with Gasteiger partial charge in [0.05, 0.1) is 18.8 Å². The van der Waals surface area contributed by atoms with Crippen LogP contribution in [0.3, 0.4) is 0 Å². The van der Waals surface area contributed by atoms with Gasteiger partial charge in [-0.25, -0.2) is 4.98 Å². The third-order valence-corrected chi connectivity index (χ3v) is 4.55. The standard InChI is InChI=1S/C19H23ClN4O2/c1-14-2-4-16(20)12-17(14)23-19(25)15-3-5-18(22-13-15)21-6-7-24-8-10-26-11-9-24/h2-5,12-13H,6-11H2,1H3,(H,21,22)(H,23,25). The van der Waals surface area contributed by atoms with Gasteiger partial charge in [0.2, 0.25) is 0 Å². The lowest BCUT2D eigenvalue weighted by molar-refractivity contribution is 0.0398. The zero-order valence-corrected chi connectivity index (χ0v) is 15.6. The SMILES string of the molecule is Cc1ccc(Cl)cc1NC(=O)c1ccc(NCCN2CCOCC2)nc1. The third kappa shape index (κ3) is 5.17. The number of nitrogens with one attached hydrogen (secondary N) is 2. The molecule has 0 unspecified atom stereocenters. The van der Waals surface area contributed by atoms with E-state index in [2.05, 4.69) is 20.5 Å². The van der Waals surface area contributed by atoms with Crippen LogP contribution in [-0.2, 0) is 4.74 Å². The highest BCUT2D eigenvalue weighted by Crippen LogP contribution is 2.21. The van der Waals surface area contributed by atoms with Crippen molar-refractivity contribution in [2.24, 2.45) is 0 Å². The van der Waals surface area contributed by atoms with Crippen LogP contribution >= 0.6 is 11.6 Å². The second-order valence-electron chi connectivity index (χ2n) is 6.23. The molecule has 26 heavy (non-hydrogen) atoms. The molecular weight excluding hydrogens is 352 g/mol. The Morgan fingerprint density at radius 3 is 2.81 bits per heavy atom. The number of carbonyl (C=O) groups is 1. The van der Waals surface area contributed by atoms with E-state index in [4.69, 9.17) is 16.3 Å². The van der Waals surface area contributed by atoms with E-state index in [1.54, 1.807) is 24.4 Å². The predicted molar refractivity (Wildman–Crippen MR) is 104 cm³/mol. The van der Waals surface area contributed by atoms with Crippen LogP contribution in [0.25, 0.3) is 0 Å². The molecule has 3 rings (SSSR count). The number of aromatic nitrogens is 1. The number of hydrogen-bond acceptors (Lipinski definition) is 5. The van der Waals surface area contributed by atoms with E-state index in [9.17, 15) is 4.79 Å². The summed E-state index contributed by atoms with van der Waals surface area (Å²) in [5.74, 6) is 0.552. The number of hydrogen-bond donors (Lipinski definition) is 2. The highest BCUT2D eigenvalue weighted by molar-refractivity contribution is 6.31. The molecule has 0 radical (unpaired) electrons. The second-order valence-corrected chi connectivity index (χ2v) is 6.66. The van der Waals surface area contributed by atoms with Gasteiger partial charge in [0, 0.05) is 43.1 Å². The number of pyridine rings is 1. The van der Waals surface area contributed by atoms with Crippen LogP contribution in [0.4, 0.5) is 11.5 Å². The first-order chi connectivity index (χ1) is 12.6. The average Bonchev–Trinajstić information content (AvgIpc) is 2.66. The molecule has 2 N–H and O–H groups in total. The van der Waals surface area contributed by atoms with Gasteiger partial charge in [0.1, 0.15) is 5.82 Å². The van der Waals surface area contributed by atoms with Crippen LogP contribution in [0.2, 0.25) is 5.02 Å². The Kier molecular flexibility index (Phi) is 6.44. The largest absolute Gasteiger partial charge is 0.379 e. The third-order valence-electron chi connectivity index (χ3n) is 4.31. The van der Waals surface area contributed by atoms with Crippen molar-refractivity contribution in [2.75, 3.05) is 50.0 Å². The lowest BCUT2D eigenvalue weighted by Crippen LogP contribution is -2.39. The van der Waals surface area contributed by atoms with Crippen molar-refractivity contribution in [1.29, 1.82) is 0 Å². The molecule has 0 spiro atoms. The fourth-order valence-corrected chi connectivity index (χ4v) is 2.90. The van der Waals surface area contributed by atoms with E-state index < -0.39 is 0 Å². The first kappa shape index (κ1) is 18.6. The Labute approximate surface area is 158 Å². The molecule has 1 aromatic carbocycles. The van der Waals surface area contributed by atoms with Gasteiger partial charge in [0.15, 0.2) is 0 Å². The highest BCUT2D eigenvalue weighted by Gasteiger charge is 2.11. The molecular formula is C19H23ClN4O2. The summed E-state index contributed by atoms with van der Waals surface area (Å²) in [7, 11) is 0. The van der Waals surface area contributed by atoms with Crippen LogP contribution in [0, 0.1) is 6.92 Å². The van der Waals surface area contributed by atoms with Crippen molar-refractivity contribution >= 4 is 29.0 Å². The summed E-state index contributed by atoms with van der Waals surface area (Å²) >= 11 is 5.99. The van der Waals surface area contributed by atoms with Gasteiger partial charge in [-0.15, -0.1) is 0 Å². The molecule has 0 atom stereocenters. The minimum absolute atomic E-state index is 0.206. The molecule has 7 heteroatoms. The van der Waals surface area contributed by atoms with E-state index in [1.165, 1.54) is 0 Å². The van der Waals surface area contributed by atoms with Crippen LogP contribution in [0.5, 0.6) is 0 Å². The minimum atomic E-state index is -0.206. The number of benzene rings is 1. The van der Waals surface area contributed by atoms with E-state index in [-0.39, 0.29) is 5.91 Å². The topological polar surface area (TPSA) is 66.5 Å². The first-order valence-electron chi connectivity index (χ1n) is 8.69. The maximum absolute atomic E-state index is 12.4. The maximum atomic E-state index is 12.4. The Hall–Kier alpha value is -2.15. The van der Waals surface area contributed by atoms with Crippen LogP contribution in [-0.4, -0.2) is 55.2 Å². The molecule has 0 saturated carbocycles. The summed E-state index contributed by atoms with van der Waals surface area (Å²) in [5.41, 5.74) is 2.16. The Bertz CT molecular complexity index is 746. The number of morpholine rings is 1. The molecule has 1 amide bonds. The van der Waals surface area contributed by atoms with Gasteiger partial charge in [-0.3, -0.25) is 9.69 Å². The van der Waals surface area contributed by atoms with Crippen molar-refractivity contribution in [2.45, 2.75) is 6.92 Å². The van der Waals surface area contributed by atoms with Crippen molar-refractivity contribution in [3.63, 3.8) is 0 Å². The molecule has 1 fully saturated rings. The molecule has 6 nitrogen and oxygen atoms in total. The lowest BCUT2D eigenvalue weighted by Gasteiger charge is -2.26. The number of ether oxygens (including phenoxy) is 1. The van der Waals surface area contributed by atoms with Crippen molar-refractivity contribution in [1.82, 2.24) is 9.88 Å². The number of rotatable bonds is 6. The number of aryl methyl sites for hydroxylation is 1. The summed E-state index contributed by atoms with van der Waals surface area (Å²) in [6.07, 6.45) is 1.58. The normalized spacial score (nSPS) is 14.8. The number of anilines is 2. The molecule has 0 aliphatic carbocycles. The fourth-order valence-electron chi connectivity index (χ4n) is 2.72. The molecule has 2 aromatic rings. The molecule has 1 aliphatic heterocycles. The second kappa shape index (κ2) is 8.98. The van der Waals surface area contributed by atoms with Gasteiger partial charge in [0.25, 0.3) is 5.91 Å². The van der Waals surface area contributed by atoms with E-state index in [1.807, 2.05) is 19.1 Å². The molecule has 1 aliphatic rings. The number of nitrogens with zero attached hydrogens (tertiary/aromatic N) is 2. The molecule has 1 aromatic heterocycles. The van der Waals surface area contributed by atoms with Gasteiger partial charge in [-0.2, -0.15) is 0 Å². The number of halogens is 1. The molecule has 2 heterocycles. The predicted octanol–water partition coefficient (Wildman–Crippen LogP) is 3.04. The summed E-state index contributed by atoms with van der Waals surface area (Å²) in [6, 6.07) is 8.99. The van der Waals surface area contributed by atoms with E-state index >= 15 is 0 Å². The van der Waals surface area contributed by atoms with Crippen molar-refractivity contribution < 1.29 is 9.53 Å². The van der Waals surface area contributed by atoms with Gasteiger partial charge in [-0.05, 0) is 36.8 Å². The van der Waals surface area contributed by atoms with Crippen molar-refractivity contribution in [3.8, 4) is 0 Å². The average molecular weight is 375 g/mol. The first-order valence-corrected chi connectivity index (χ1v) is 9.07. The highest BCUT2D eigenvalue weighted by atomic mass is 35.5. The number of amides is 1. The van der Waals surface area contributed by atoms with Crippen LogP contribution in [0.15, 0.2) is 36.5 Å².